The van der Waals surface area contributed by atoms with E-state index in [1.807, 2.05) is 43.6 Å². The van der Waals surface area contributed by atoms with Crippen molar-refractivity contribution in [1.29, 1.82) is 0 Å². The predicted octanol–water partition coefficient (Wildman–Crippen LogP) is 3.75. The van der Waals surface area contributed by atoms with E-state index in [0.29, 0.717) is 25.0 Å². The lowest BCUT2D eigenvalue weighted by Gasteiger charge is -2.04. The van der Waals surface area contributed by atoms with Crippen molar-refractivity contribution in [1.82, 2.24) is 20.4 Å². The molecule has 0 saturated heterocycles. The van der Waals surface area contributed by atoms with Gasteiger partial charge in [0.1, 0.15) is 10.8 Å². The molecule has 6 nitrogen and oxygen atoms in total. The van der Waals surface area contributed by atoms with Crippen molar-refractivity contribution in [2.45, 2.75) is 32.7 Å². The van der Waals surface area contributed by atoms with E-state index in [9.17, 15) is 0 Å². The molecule has 1 N–H and O–H groups in total. The van der Waals surface area contributed by atoms with Gasteiger partial charge in [-0.25, -0.2) is 4.98 Å². The summed E-state index contributed by atoms with van der Waals surface area (Å²) >= 11 is 1.61. The number of benzene rings is 1. The summed E-state index contributed by atoms with van der Waals surface area (Å²) in [6.45, 7) is 4.73. The number of ether oxygens (including phenoxy) is 1. The van der Waals surface area contributed by atoms with Crippen LogP contribution in [0.5, 0.6) is 5.75 Å². The standard InChI is InChI=1S/C18H22N4O2S.ClH/c1-4-23-15-7-5-13(6-8-15)18-20-14(11-25-18)10-17-21-16(22-24-17)9-12(2)19-3;/h5-8,11-12,19H,4,9-10H2,1-3H3;1H. The highest BCUT2D eigenvalue weighted by Gasteiger charge is 2.12. The van der Waals surface area contributed by atoms with E-state index >= 15 is 0 Å². The number of likely N-dealkylation sites (N-methyl/N-ethyl adjacent to an activating group) is 1. The largest absolute Gasteiger partial charge is 0.494 e. The molecule has 0 aliphatic rings. The maximum atomic E-state index is 5.47. The van der Waals surface area contributed by atoms with E-state index in [1.54, 1.807) is 11.3 Å². The first kappa shape index (κ1) is 20.4. The smallest absolute Gasteiger partial charge is 0.232 e. The van der Waals surface area contributed by atoms with Gasteiger partial charge in [0.05, 0.1) is 18.7 Å². The molecule has 26 heavy (non-hydrogen) atoms. The lowest BCUT2D eigenvalue weighted by Crippen LogP contribution is -2.24. The predicted molar refractivity (Wildman–Crippen MR) is 105 cm³/mol. The van der Waals surface area contributed by atoms with Gasteiger partial charge in [-0.15, -0.1) is 23.7 Å². The molecule has 1 aromatic carbocycles. The van der Waals surface area contributed by atoms with E-state index in [-0.39, 0.29) is 12.4 Å². The minimum Gasteiger partial charge on any atom is -0.494 e. The highest BCUT2D eigenvalue weighted by atomic mass is 35.5. The Morgan fingerprint density at radius 2 is 2.00 bits per heavy atom. The van der Waals surface area contributed by atoms with Crippen LogP contribution >= 0.6 is 23.7 Å². The van der Waals surface area contributed by atoms with E-state index < -0.39 is 0 Å². The lowest BCUT2D eigenvalue weighted by atomic mass is 10.2. The zero-order valence-corrected chi connectivity index (χ0v) is 16.7. The molecule has 140 valence electrons. The molecule has 1 atom stereocenters. The number of hydrogen-bond donors (Lipinski definition) is 1. The number of rotatable bonds is 8. The van der Waals surface area contributed by atoms with Crippen molar-refractivity contribution < 1.29 is 9.26 Å². The van der Waals surface area contributed by atoms with Crippen LogP contribution in [0.4, 0.5) is 0 Å². The SMILES string of the molecule is CCOc1ccc(-c2nc(Cc3nc(CC(C)NC)no3)cs2)cc1.Cl. The second-order valence-corrected chi connectivity index (χ2v) is 6.63. The Kier molecular flexibility index (Phi) is 7.56. The van der Waals surface area contributed by atoms with Crippen molar-refractivity contribution in [3.8, 4) is 16.3 Å². The first-order valence-corrected chi connectivity index (χ1v) is 9.22. The minimum absolute atomic E-state index is 0. The summed E-state index contributed by atoms with van der Waals surface area (Å²) in [5, 5.41) is 10.2. The Hall–Kier alpha value is -1.96. The van der Waals surface area contributed by atoms with Gasteiger partial charge >= 0.3 is 0 Å². The van der Waals surface area contributed by atoms with Gasteiger partial charge in [-0.05, 0) is 45.2 Å². The van der Waals surface area contributed by atoms with Gasteiger partial charge in [0, 0.05) is 23.4 Å². The monoisotopic (exact) mass is 394 g/mol. The summed E-state index contributed by atoms with van der Waals surface area (Å²) in [6, 6.07) is 8.30. The Morgan fingerprint density at radius 1 is 1.23 bits per heavy atom. The van der Waals surface area contributed by atoms with E-state index in [1.165, 1.54) is 0 Å². The summed E-state index contributed by atoms with van der Waals surface area (Å²) in [5.41, 5.74) is 2.01. The van der Waals surface area contributed by atoms with Crippen LogP contribution in [0.25, 0.3) is 10.6 Å². The van der Waals surface area contributed by atoms with Crippen LogP contribution < -0.4 is 10.1 Å². The summed E-state index contributed by atoms with van der Waals surface area (Å²) in [6.07, 6.45) is 1.29. The van der Waals surface area contributed by atoms with Gasteiger partial charge < -0.3 is 14.6 Å². The summed E-state index contributed by atoms with van der Waals surface area (Å²) in [5.74, 6) is 2.19. The van der Waals surface area contributed by atoms with Crippen LogP contribution in [0.1, 0.15) is 31.3 Å². The quantitative estimate of drug-likeness (QED) is 0.627. The zero-order chi connectivity index (χ0) is 17.6. The molecule has 0 fully saturated rings. The molecule has 3 rings (SSSR count). The molecule has 0 radical (unpaired) electrons. The number of aromatic nitrogens is 3. The van der Waals surface area contributed by atoms with E-state index in [4.69, 9.17) is 9.26 Å². The first-order chi connectivity index (χ1) is 12.2. The fourth-order valence-electron chi connectivity index (χ4n) is 2.36. The molecule has 0 aliphatic carbocycles. The van der Waals surface area contributed by atoms with Gasteiger partial charge in [0.25, 0.3) is 0 Å². The average Bonchev–Trinajstić information content (AvgIpc) is 3.26. The van der Waals surface area contributed by atoms with E-state index in [2.05, 4.69) is 27.4 Å². The number of nitrogens with zero attached hydrogens (tertiary/aromatic N) is 3. The van der Waals surface area contributed by atoms with Crippen molar-refractivity contribution in [3.05, 3.63) is 47.1 Å². The Labute approximate surface area is 163 Å². The van der Waals surface area contributed by atoms with Gasteiger partial charge in [-0.1, -0.05) is 5.16 Å². The third kappa shape index (κ3) is 5.27. The number of nitrogens with one attached hydrogen (secondary N) is 1. The maximum Gasteiger partial charge on any atom is 0.232 e. The number of hydrogen-bond acceptors (Lipinski definition) is 7. The fourth-order valence-corrected chi connectivity index (χ4v) is 3.18. The molecular weight excluding hydrogens is 372 g/mol. The molecule has 2 heterocycles. The van der Waals surface area contributed by atoms with Crippen LogP contribution in [-0.2, 0) is 12.8 Å². The molecule has 0 saturated carbocycles. The highest BCUT2D eigenvalue weighted by molar-refractivity contribution is 7.13. The second kappa shape index (κ2) is 9.66. The van der Waals surface area contributed by atoms with Crippen molar-refractivity contribution in [2.24, 2.45) is 0 Å². The topological polar surface area (TPSA) is 73.1 Å². The number of halogens is 1. The average molecular weight is 395 g/mol. The minimum atomic E-state index is 0. The van der Waals surface area contributed by atoms with Crippen LogP contribution in [0.3, 0.4) is 0 Å². The molecule has 8 heteroatoms. The van der Waals surface area contributed by atoms with Gasteiger partial charge in [-0.2, -0.15) is 4.98 Å². The molecule has 0 amide bonds. The van der Waals surface area contributed by atoms with E-state index in [0.717, 1.165) is 34.3 Å². The van der Waals surface area contributed by atoms with Crippen LogP contribution in [0.15, 0.2) is 34.2 Å². The molecular formula is C18H23ClN4O2S. The van der Waals surface area contributed by atoms with Crippen molar-refractivity contribution in [3.63, 3.8) is 0 Å². The normalized spacial score (nSPS) is 11.8. The summed E-state index contributed by atoms with van der Waals surface area (Å²) < 4.78 is 10.8. The lowest BCUT2D eigenvalue weighted by molar-refractivity contribution is 0.340. The Morgan fingerprint density at radius 3 is 2.69 bits per heavy atom. The van der Waals surface area contributed by atoms with Crippen molar-refractivity contribution >= 4 is 23.7 Å². The second-order valence-electron chi connectivity index (χ2n) is 5.78. The van der Waals surface area contributed by atoms with Crippen LogP contribution in [0.2, 0.25) is 0 Å². The van der Waals surface area contributed by atoms with Gasteiger partial charge in [0.15, 0.2) is 5.82 Å². The third-order valence-electron chi connectivity index (χ3n) is 3.79. The highest BCUT2D eigenvalue weighted by Crippen LogP contribution is 2.26. The van der Waals surface area contributed by atoms with Crippen LogP contribution in [0, 0.1) is 0 Å². The molecule has 3 aromatic rings. The van der Waals surface area contributed by atoms with Gasteiger partial charge in [0.2, 0.25) is 5.89 Å². The third-order valence-corrected chi connectivity index (χ3v) is 4.73. The Bertz CT molecular complexity index is 804. The van der Waals surface area contributed by atoms with Crippen molar-refractivity contribution in [2.75, 3.05) is 13.7 Å². The maximum absolute atomic E-state index is 5.47. The zero-order valence-electron chi connectivity index (χ0n) is 15.1. The molecule has 0 spiro atoms. The first-order valence-electron chi connectivity index (χ1n) is 8.34. The molecule has 0 bridgehead atoms. The molecule has 1 unspecified atom stereocenters. The molecule has 2 aromatic heterocycles. The summed E-state index contributed by atoms with van der Waals surface area (Å²) in [7, 11) is 1.92. The number of thiazole rings is 1. The molecule has 0 aliphatic heterocycles. The Balaban J connectivity index is 0.00000243. The van der Waals surface area contributed by atoms with Crippen LogP contribution in [-0.4, -0.2) is 34.8 Å². The summed E-state index contributed by atoms with van der Waals surface area (Å²) in [4.78, 5) is 9.11. The fraction of sp³-hybridized carbons (Fsp3) is 0.389. The van der Waals surface area contributed by atoms with Gasteiger partial charge in [-0.3, -0.25) is 0 Å².